The van der Waals surface area contributed by atoms with Gasteiger partial charge >= 0.3 is 6.03 Å². The largest absolute Gasteiger partial charge is 0.385 e. The second kappa shape index (κ2) is 8.48. The molecule has 1 aromatic carbocycles. The van der Waals surface area contributed by atoms with Crippen molar-refractivity contribution in [1.82, 2.24) is 10.6 Å². The highest BCUT2D eigenvalue weighted by molar-refractivity contribution is 5.73. The third-order valence-electron chi connectivity index (χ3n) is 2.80. The van der Waals surface area contributed by atoms with Gasteiger partial charge < -0.3 is 15.4 Å². The van der Waals surface area contributed by atoms with Gasteiger partial charge in [-0.2, -0.15) is 0 Å². The second-order valence-corrected chi connectivity index (χ2v) is 4.35. The molecule has 0 radical (unpaired) electrons. The maximum Gasteiger partial charge on any atom is 0.314 e. The molecule has 4 nitrogen and oxygen atoms in total. The Morgan fingerprint density at radius 2 is 2.05 bits per heavy atom. The molecule has 0 aliphatic rings. The third-order valence-corrected chi connectivity index (χ3v) is 2.80. The van der Waals surface area contributed by atoms with Crippen LogP contribution in [0.25, 0.3) is 0 Å². The normalized spacial score (nSPS) is 10.3. The van der Waals surface area contributed by atoms with Crippen LogP contribution in [0.1, 0.15) is 17.5 Å². The molecule has 2 N–H and O–H groups in total. The lowest BCUT2D eigenvalue weighted by Crippen LogP contribution is -2.37. The Morgan fingerprint density at radius 1 is 1.32 bits per heavy atom. The number of nitrogens with one attached hydrogen (secondary N) is 2. The first kappa shape index (κ1) is 15.4. The first-order valence-corrected chi connectivity index (χ1v) is 6.39. The van der Waals surface area contributed by atoms with Crippen LogP contribution in [0.15, 0.2) is 18.2 Å². The maximum atomic E-state index is 12.9. The van der Waals surface area contributed by atoms with Crippen LogP contribution < -0.4 is 10.6 Å². The van der Waals surface area contributed by atoms with E-state index in [9.17, 15) is 9.18 Å². The lowest BCUT2D eigenvalue weighted by molar-refractivity contribution is 0.193. The summed E-state index contributed by atoms with van der Waals surface area (Å²) in [6.07, 6.45) is 1.48. The Kier molecular flexibility index (Phi) is 6.89. The van der Waals surface area contributed by atoms with Crippen molar-refractivity contribution in [3.05, 3.63) is 35.1 Å². The fourth-order valence-corrected chi connectivity index (χ4v) is 1.73. The van der Waals surface area contributed by atoms with E-state index >= 15 is 0 Å². The summed E-state index contributed by atoms with van der Waals surface area (Å²) in [5, 5.41) is 5.50. The molecule has 0 heterocycles. The molecule has 0 fully saturated rings. The zero-order valence-corrected chi connectivity index (χ0v) is 11.5. The van der Waals surface area contributed by atoms with Crippen LogP contribution in [0, 0.1) is 12.7 Å². The highest BCUT2D eigenvalue weighted by Gasteiger charge is 2.02. The minimum Gasteiger partial charge on any atom is -0.385 e. The molecular formula is C14H21FN2O2. The van der Waals surface area contributed by atoms with Gasteiger partial charge in [0, 0.05) is 26.8 Å². The van der Waals surface area contributed by atoms with Gasteiger partial charge in [-0.1, -0.05) is 6.07 Å². The summed E-state index contributed by atoms with van der Waals surface area (Å²) in [6.45, 7) is 3.62. The van der Waals surface area contributed by atoms with Gasteiger partial charge in [0.05, 0.1) is 0 Å². The zero-order valence-electron chi connectivity index (χ0n) is 11.5. The summed E-state index contributed by atoms with van der Waals surface area (Å²) in [7, 11) is 1.63. The van der Waals surface area contributed by atoms with E-state index in [-0.39, 0.29) is 11.8 Å². The SMILES string of the molecule is COCCCNC(=O)NCCc1ccc(F)cc1C. The van der Waals surface area contributed by atoms with Crippen molar-refractivity contribution in [1.29, 1.82) is 0 Å². The minimum atomic E-state index is -0.231. The van der Waals surface area contributed by atoms with Crippen molar-refractivity contribution in [3.8, 4) is 0 Å². The summed E-state index contributed by atoms with van der Waals surface area (Å²) >= 11 is 0. The number of halogens is 1. The van der Waals surface area contributed by atoms with Gasteiger partial charge in [-0.3, -0.25) is 0 Å². The standard InChI is InChI=1S/C14H21FN2O2/c1-11-10-13(15)5-4-12(11)6-8-17-14(18)16-7-3-9-19-2/h4-5,10H,3,6-9H2,1-2H3,(H2,16,17,18). The van der Waals surface area contributed by atoms with Crippen LogP contribution in [0.4, 0.5) is 9.18 Å². The fourth-order valence-electron chi connectivity index (χ4n) is 1.73. The molecule has 0 aliphatic heterocycles. The van der Waals surface area contributed by atoms with Gasteiger partial charge in [0.2, 0.25) is 0 Å². The Morgan fingerprint density at radius 3 is 2.74 bits per heavy atom. The molecule has 1 aromatic rings. The predicted octanol–water partition coefficient (Wildman–Crippen LogP) is 2.01. The Bertz CT molecular complexity index is 410. The molecule has 0 saturated carbocycles. The summed E-state index contributed by atoms with van der Waals surface area (Å²) in [6, 6.07) is 4.51. The van der Waals surface area contributed by atoms with Gasteiger partial charge in [0.15, 0.2) is 0 Å². The molecular weight excluding hydrogens is 247 g/mol. The van der Waals surface area contributed by atoms with E-state index in [0.29, 0.717) is 26.1 Å². The molecule has 0 unspecified atom stereocenters. The van der Waals surface area contributed by atoms with Crippen molar-refractivity contribution in [2.75, 3.05) is 26.8 Å². The van der Waals surface area contributed by atoms with E-state index in [1.54, 1.807) is 13.2 Å². The maximum absolute atomic E-state index is 12.9. The summed E-state index contributed by atoms with van der Waals surface area (Å²) in [5.41, 5.74) is 1.95. The molecule has 106 valence electrons. The molecule has 0 saturated heterocycles. The number of aryl methyl sites for hydroxylation is 1. The van der Waals surface area contributed by atoms with Crippen LogP contribution in [-0.2, 0) is 11.2 Å². The van der Waals surface area contributed by atoms with Crippen molar-refractivity contribution in [2.45, 2.75) is 19.8 Å². The molecule has 0 aliphatic carbocycles. The molecule has 1 rings (SSSR count). The number of benzene rings is 1. The van der Waals surface area contributed by atoms with Gasteiger partial charge in [-0.25, -0.2) is 9.18 Å². The topological polar surface area (TPSA) is 50.4 Å². The van der Waals surface area contributed by atoms with Gasteiger partial charge in [0.1, 0.15) is 5.82 Å². The molecule has 5 heteroatoms. The summed E-state index contributed by atoms with van der Waals surface area (Å²) < 4.78 is 17.8. The van der Waals surface area contributed by atoms with Crippen molar-refractivity contribution < 1.29 is 13.9 Å². The monoisotopic (exact) mass is 268 g/mol. The molecule has 2 amide bonds. The Balaban J connectivity index is 2.20. The molecule has 0 spiro atoms. The van der Waals surface area contributed by atoms with Gasteiger partial charge in [-0.15, -0.1) is 0 Å². The van der Waals surface area contributed by atoms with Crippen LogP contribution in [0.2, 0.25) is 0 Å². The van der Waals surface area contributed by atoms with E-state index in [1.807, 2.05) is 6.92 Å². The number of amides is 2. The van der Waals surface area contributed by atoms with E-state index in [2.05, 4.69) is 10.6 Å². The average molecular weight is 268 g/mol. The third kappa shape index (κ3) is 6.20. The number of urea groups is 1. The van der Waals surface area contributed by atoms with Crippen molar-refractivity contribution in [3.63, 3.8) is 0 Å². The smallest absolute Gasteiger partial charge is 0.314 e. The quantitative estimate of drug-likeness (QED) is 0.743. The minimum absolute atomic E-state index is 0.184. The number of ether oxygens (including phenoxy) is 1. The Labute approximate surface area is 113 Å². The van der Waals surface area contributed by atoms with Crippen LogP contribution in [-0.4, -0.2) is 32.8 Å². The van der Waals surface area contributed by atoms with Gasteiger partial charge in [-0.05, 0) is 43.0 Å². The number of hydrogen-bond donors (Lipinski definition) is 2. The van der Waals surface area contributed by atoms with Crippen LogP contribution in [0.3, 0.4) is 0 Å². The number of hydrogen-bond acceptors (Lipinski definition) is 2. The number of carbonyl (C=O) groups is 1. The molecule has 19 heavy (non-hydrogen) atoms. The lowest BCUT2D eigenvalue weighted by atomic mass is 10.1. The molecule has 0 bridgehead atoms. The van der Waals surface area contributed by atoms with E-state index < -0.39 is 0 Å². The second-order valence-electron chi connectivity index (χ2n) is 4.35. The highest BCUT2D eigenvalue weighted by atomic mass is 19.1. The lowest BCUT2D eigenvalue weighted by Gasteiger charge is -2.09. The van der Waals surface area contributed by atoms with Gasteiger partial charge in [0.25, 0.3) is 0 Å². The van der Waals surface area contributed by atoms with Crippen molar-refractivity contribution >= 4 is 6.03 Å². The van der Waals surface area contributed by atoms with Crippen molar-refractivity contribution in [2.24, 2.45) is 0 Å². The molecule has 0 atom stereocenters. The first-order valence-electron chi connectivity index (χ1n) is 6.39. The number of carbonyl (C=O) groups excluding carboxylic acids is 1. The van der Waals surface area contributed by atoms with E-state index in [0.717, 1.165) is 17.5 Å². The van der Waals surface area contributed by atoms with Crippen LogP contribution >= 0.6 is 0 Å². The number of methoxy groups -OCH3 is 1. The first-order chi connectivity index (χ1) is 9.13. The predicted molar refractivity (Wildman–Crippen MR) is 72.7 cm³/mol. The summed E-state index contributed by atoms with van der Waals surface area (Å²) in [5.74, 6) is -0.231. The van der Waals surface area contributed by atoms with E-state index in [4.69, 9.17) is 4.74 Å². The summed E-state index contributed by atoms with van der Waals surface area (Å²) in [4.78, 5) is 11.4. The highest BCUT2D eigenvalue weighted by Crippen LogP contribution is 2.10. The molecule has 0 aromatic heterocycles. The number of rotatable bonds is 7. The van der Waals surface area contributed by atoms with Crippen LogP contribution in [0.5, 0.6) is 0 Å². The van der Waals surface area contributed by atoms with E-state index in [1.165, 1.54) is 12.1 Å². The Hall–Kier alpha value is -1.62. The zero-order chi connectivity index (χ0) is 14.1. The fraction of sp³-hybridized carbons (Fsp3) is 0.500. The average Bonchev–Trinajstić information content (AvgIpc) is 2.37.